The summed E-state index contributed by atoms with van der Waals surface area (Å²) in [7, 11) is 0. The van der Waals surface area contributed by atoms with Gasteiger partial charge < -0.3 is 15.5 Å². The van der Waals surface area contributed by atoms with Gasteiger partial charge in [0.2, 0.25) is 5.91 Å². The van der Waals surface area contributed by atoms with Crippen molar-refractivity contribution in [1.29, 1.82) is 0 Å². The molecule has 29 heavy (non-hydrogen) atoms. The van der Waals surface area contributed by atoms with Gasteiger partial charge in [-0.3, -0.25) is 4.79 Å². The van der Waals surface area contributed by atoms with Gasteiger partial charge in [-0.25, -0.2) is 4.79 Å². The molecule has 0 aliphatic carbocycles. The summed E-state index contributed by atoms with van der Waals surface area (Å²) in [6, 6.07) is 20.0. The van der Waals surface area contributed by atoms with Gasteiger partial charge in [0, 0.05) is 25.0 Å². The quantitative estimate of drug-likeness (QED) is 0.804. The van der Waals surface area contributed by atoms with Crippen LogP contribution in [0.1, 0.15) is 50.3 Å². The van der Waals surface area contributed by atoms with Crippen molar-refractivity contribution < 1.29 is 9.59 Å². The molecule has 1 heterocycles. The number of carbonyl (C=O) groups is 2. The Labute approximate surface area is 173 Å². The third-order valence-corrected chi connectivity index (χ3v) is 5.45. The van der Waals surface area contributed by atoms with E-state index in [0.717, 1.165) is 12.0 Å². The maximum atomic E-state index is 13.1. The Hall–Kier alpha value is -2.82. The summed E-state index contributed by atoms with van der Waals surface area (Å²) >= 11 is 0. The first kappa shape index (κ1) is 20.9. The second-order valence-electron chi connectivity index (χ2n) is 8.19. The fourth-order valence-corrected chi connectivity index (χ4v) is 3.92. The van der Waals surface area contributed by atoms with Gasteiger partial charge in [-0.2, -0.15) is 0 Å². The second kappa shape index (κ2) is 9.59. The van der Waals surface area contributed by atoms with E-state index in [-0.39, 0.29) is 35.9 Å². The van der Waals surface area contributed by atoms with Gasteiger partial charge in [0.25, 0.3) is 0 Å². The highest BCUT2D eigenvalue weighted by Gasteiger charge is 2.35. The van der Waals surface area contributed by atoms with Crippen molar-refractivity contribution in [3.63, 3.8) is 0 Å². The van der Waals surface area contributed by atoms with Crippen molar-refractivity contribution >= 4 is 11.9 Å². The van der Waals surface area contributed by atoms with Gasteiger partial charge in [0.15, 0.2) is 0 Å². The lowest BCUT2D eigenvalue weighted by Gasteiger charge is -2.38. The standard InChI is InChI=1S/C24H31N3O2/c1-17(2)25-24(29)27-15-21(20-12-8-5-9-13-20)14-22(16-27)23(28)26-18(3)19-10-6-4-7-11-19/h4-13,17-18,21-22H,14-16H2,1-3H3,(H,25,29)(H,26,28)/t18-,21-,22+/m0/s1. The molecule has 3 atom stereocenters. The van der Waals surface area contributed by atoms with Gasteiger partial charge in [-0.1, -0.05) is 60.7 Å². The number of carbonyl (C=O) groups excluding carboxylic acids is 2. The van der Waals surface area contributed by atoms with Crippen molar-refractivity contribution in [3.8, 4) is 0 Å². The zero-order valence-corrected chi connectivity index (χ0v) is 17.5. The summed E-state index contributed by atoms with van der Waals surface area (Å²) in [5, 5.41) is 6.11. The van der Waals surface area contributed by atoms with E-state index in [1.165, 1.54) is 5.56 Å². The average molecular weight is 394 g/mol. The minimum atomic E-state index is -0.238. The van der Waals surface area contributed by atoms with Crippen molar-refractivity contribution in [2.24, 2.45) is 5.92 Å². The normalized spacial score (nSPS) is 20.2. The Kier molecular flexibility index (Phi) is 6.91. The number of rotatable bonds is 5. The van der Waals surface area contributed by atoms with Crippen LogP contribution in [0.3, 0.4) is 0 Å². The molecule has 1 aliphatic rings. The summed E-state index contributed by atoms with van der Waals surface area (Å²) in [4.78, 5) is 27.6. The zero-order chi connectivity index (χ0) is 20.8. The molecule has 154 valence electrons. The van der Waals surface area contributed by atoms with Crippen molar-refractivity contribution in [2.75, 3.05) is 13.1 Å². The predicted molar refractivity (Wildman–Crippen MR) is 116 cm³/mol. The minimum Gasteiger partial charge on any atom is -0.349 e. The van der Waals surface area contributed by atoms with Crippen molar-refractivity contribution in [2.45, 2.75) is 45.2 Å². The molecule has 0 spiro atoms. The third kappa shape index (κ3) is 5.59. The molecule has 3 amide bonds. The van der Waals surface area contributed by atoms with E-state index in [9.17, 15) is 9.59 Å². The maximum Gasteiger partial charge on any atom is 0.317 e. The molecule has 2 aromatic carbocycles. The summed E-state index contributed by atoms with van der Waals surface area (Å²) in [5.74, 6) is -0.0898. The van der Waals surface area contributed by atoms with Crippen molar-refractivity contribution in [1.82, 2.24) is 15.5 Å². The molecule has 2 N–H and O–H groups in total. The van der Waals surface area contributed by atoms with Crippen LogP contribution in [0.25, 0.3) is 0 Å². The van der Waals surface area contributed by atoms with Crippen LogP contribution >= 0.6 is 0 Å². The average Bonchev–Trinajstić information content (AvgIpc) is 2.74. The molecule has 0 saturated carbocycles. The van der Waals surface area contributed by atoms with E-state index >= 15 is 0 Å². The zero-order valence-electron chi connectivity index (χ0n) is 17.5. The molecular weight excluding hydrogens is 362 g/mol. The second-order valence-corrected chi connectivity index (χ2v) is 8.19. The van der Waals surface area contributed by atoms with Gasteiger partial charge in [0.05, 0.1) is 12.0 Å². The van der Waals surface area contributed by atoms with Crippen LogP contribution in [-0.2, 0) is 4.79 Å². The highest BCUT2D eigenvalue weighted by atomic mass is 16.2. The summed E-state index contributed by atoms with van der Waals surface area (Å²) in [5.41, 5.74) is 2.24. The molecule has 0 unspecified atom stereocenters. The van der Waals surface area contributed by atoms with Gasteiger partial charge >= 0.3 is 6.03 Å². The van der Waals surface area contributed by atoms with Crippen LogP contribution in [-0.4, -0.2) is 36.0 Å². The van der Waals surface area contributed by atoms with Crippen molar-refractivity contribution in [3.05, 3.63) is 71.8 Å². The number of hydrogen-bond donors (Lipinski definition) is 2. The number of likely N-dealkylation sites (tertiary alicyclic amines) is 1. The van der Waals surface area contributed by atoms with E-state index < -0.39 is 0 Å². The fraction of sp³-hybridized carbons (Fsp3) is 0.417. The molecule has 5 heteroatoms. The minimum absolute atomic E-state index is 0.00401. The number of benzene rings is 2. The fourth-order valence-electron chi connectivity index (χ4n) is 3.92. The summed E-state index contributed by atoms with van der Waals surface area (Å²) in [6.45, 7) is 6.95. The molecule has 2 aromatic rings. The Balaban J connectivity index is 1.74. The molecule has 1 fully saturated rings. The molecule has 0 radical (unpaired) electrons. The largest absolute Gasteiger partial charge is 0.349 e. The third-order valence-electron chi connectivity index (χ3n) is 5.45. The lowest BCUT2D eigenvalue weighted by Crippen LogP contribution is -2.52. The van der Waals surface area contributed by atoms with Crippen LogP contribution in [0, 0.1) is 5.92 Å². The highest BCUT2D eigenvalue weighted by Crippen LogP contribution is 2.31. The van der Waals surface area contributed by atoms with E-state index in [1.54, 1.807) is 4.90 Å². The van der Waals surface area contributed by atoms with Crippen LogP contribution < -0.4 is 10.6 Å². The monoisotopic (exact) mass is 393 g/mol. The topological polar surface area (TPSA) is 61.4 Å². The van der Waals surface area contributed by atoms with E-state index in [4.69, 9.17) is 0 Å². The number of nitrogens with zero attached hydrogens (tertiary/aromatic N) is 1. The first-order chi connectivity index (χ1) is 13.9. The Morgan fingerprint density at radius 1 is 0.897 bits per heavy atom. The molecule has 3 rings (SSSR count). The number of nitrogens with one attached hydrogen (secondary N) is 2. The van der Waals surface area contributed by atoms with E-state index in [1.807, 2.05) is 69.3 Å². The van der Waals surface area contributed by atoms with Crippen LogP contribution in [0.4, 0.5) is 4.79 Å². The first-order valence-corrected chi connectivity index (χ1v) is 10.4. The molecular formula is C24H31N3O2. The van der Waals surface area contributed by atoms with E-state index in [2.05, 4.69) is 22.8 Å². The molecule has 0 bridgehead atoms. The van der Waals surface area contributed by atoms with Gasteiger partial charge in [0.1, 0.15) is 0 Å². The van der Waals surface area contributed by atoms with Gasteiger partial charge in [-0.05, 0) is 38.3 Å². The predicted octanol–water partition coefficient (Wildman–Crippen LogP) is 4.09. The SMILES string of the molecule is CC(C)NC(=O)N1C[C@H](C(=O)N[C@@H](C)c2ccccc2)C[C@H](c2ccccc2)C1. The number of amides is 3. The number of hydrogen-bond acceptors (Lipinski definition) is 2. The maximum absolute atomic E-state index is 13.1. The van der Waals surface area contributed by atoms with Crippen LogP contribution in [0.15, 0.2) is 60.7 Å². The Bertz CT molecular complexity index is 807. The van der Waals surface area contributed by atoms with Gasteiger partial charge in [-0.15, -0.1) is 0 Å². The Morgan fingerprint density at radius 3 is 2.14 bits per heavy atom. The highest BCUT2D eigenvalue weighted by molar-refractivity contribution is 5.81. The lowest BCUT2D eigenvalue weighted by atomic mass is 9.84. The molecule has 1 aliphatic heterocycles. The van der Waals surface area contributed by atoms with E-state index in [0.29, 0.717) is 13.1 Å². The number of urea groups is 1. The molecule has 0 aromatic heterocycles. The van der Waals surface area contributed by atoms with Crippen LogP contribution in [0.2, 0.25) is 0 Å². The van der Waals surface area contributed by atoms with Crippen LogP contribution in [0.5, 0.6) is 0 Å². The molecule has 5 nitrogen and oxygen atoms in total. The summed E-state index contributed by atoms with van der Waals surface area (Å²) in [6.07, 6.45) is 0.739. The number of piperidine rings is 1. The smallest absolute Gasteiger partial charge is 0.317 e. The molecule has 1 saturated heterocycles. The Morgan fingerprint density at radius 2 is 1.52 bits per heavy atom. The summed E-state index contributed by atoms with van der Waals surface area (Å²) < 4.78 is 0. The first-order valence-electron chi connectivity index (χ1n) is 10.4. The lowest BCUT2D eigenvalue weighted by molar-refractivity contribution is -0.127.